The Morgan fingerprint density at radius 1 is 1.38 bits per heavy atom. The van der Waals surface area contributed by atoms with E-state index in [0.717, 1.165) is 5.69 Å². The van der Waals surface area contributed by atoms with Gasteiger partial charge in [-0.3, -0.25) is 0 Å². The number of rotatable bonds is 1. The molecule has 0 aliphatic carbocycles. The highest BCUT2D eigenvalue weighted by Crippen LogP contribution is 2.15. The van der Waals surface area contributed by atoms with Crippen LogP contribution in [-0.4, -0.2) is 15.6 Å². The molecule has 1 rings (SSSR count). The van der Waals surface area contributed by atoms with Gasteiger partial charge < -0.3 is 10.6 Å². The number of thiocarbonyl (C=S) groups is 1. The maximum atomic E-state index is 5.88. The van der Waals surface area contributed by atoms with Crippen LogP contribution >= 0.6 is 23.8 Å². The van der Waals surface area contributed by atoms with Crippen molar-refractivity contribution in [3.05, 3.63) is 22.8 Å². The highest BCUT2D eigenvalue weighted by atomic mass is 35.5. The SMILES string of the molecule is Cc1nc(NC(=S)NC(C)(C)C)ccc1Cl. The Morgan fingerprint density at radius 2 is 2.00 bits per heavy atom. The van der Waals surface area contributed by atoms with E-state index < -0.39 is 0 Å². The molecule has 16 heavy (non-hydrogen) atoms. The fourth-order valence-electron chi connectivity index (χ4n) is 1.10. The molecule has 0 aliphatic rings. The summed E-state index contributed by atoms with van der Waals surface area (Å²) in [6, 6.07) is 3.60. The van der Waals surface area contributed by atoms with E-state index in [-0.39, 0.29) is 5.54 Å². The molecular formula is C11H16ClN3S. The first-order valence-electron chi connectivity index (χ1n) is 5.00. The third kappa shape index (κ3) is 4.33. The van der Waals surface area contributed by atoms with Gasteiger partial charge in [0.05, 0.1) is 10.7 Å². The fourth-order valence-corrected chi connectivity index (χ4v) is 1.62. The summed E-state index contributed by atoms with van der Waals surface area (Å²) in [7, 11) is 0. The Balaban J connectivity index is 2.67. The third-order valence-corrected chi connectivity index (χ3v) is 2.36. The van der Waals surface area contributed by atoms with Crippen LogP contribution in [0.5, 0.6) is 0 Å². The van der Waals surface area contributed by atoms with Gasteiger partial charge in [0.15, 0.2) is 5.11 Å². The summed E-state index contributed by atoms with van der Waals surface area (Å²) in [6.07, 6.45) is 0. The summed E-state index contributed by atoms with van der Waals surface area (Å²) in [5, 5.41) is 7.38. The minimum atomic E-state index is -0.0639. The second-order valence-electron chi connectivity index (χ2n) is 4.59. The molecule has 0 bridgehead atoms. The maximum Gasteiger partial charge on any atom is 0.172 e. The molecule has 88 valence electrons. The lowest BCUT2D eigenvalue weighted by Crippen LogP contribution is -2.43. The molecular weight excluding hydrogens is 242 g/mol. The molecule has 1 heterocycles. The van der Waals surface area contributed by atoms with Crippen molar-refractivity contribution >= 4 is 34.7 Å². The number of halogens is 1. The van der Waals surface area contributed by atoms with Crippen LogP contribution in [0.1, 0.15) is 26.5 Å². The van der Waals surface area contributed by atoms with Crippen molar-refractivity contribution in [2.45, 2.75) is 33.2 Å². The Kier molecular flexibility index (Phi) is 4.10. The molecule has 1 aromatic rings. The Bertz CT molecular complexity index is 399. The topological polar surface area (TPSA) is 37.0 Å². The van der Waals surface area contributed by atoms with Gasteiger partial charge in [0.25, 0.3) is 0 Å². The van der Waals surface area contributed by atoms with Gasteiger partial charge in [-0.05, 0) is 52.0 Å². The van der Waals surface area contributed by atoms with Gasteiger partial charge in [-0.1, -0.05) is 11.6 Å². The van der Waals surface area contributed by atoms with E-state index in [4.69, 9.17) is 23.8 Å². The molecule has 0 radical (unpaired) electrons. The summed E-state index contributed by atoms with van der Waals surface area (Å²) in [5.74, 6) is 0.698. The molecule has 2 N–H and O–H groups in total. The average molecular weight is 258 g/mol. The summed E-state index contributed by atoms with van der Waals surface area (Å²) >= 11 is 11.0. The summed E-state index contributed by atoms with van der Waals surface area (Å²) in [5.41, 5.74) is 0.719. The van der Waals surface area contributed by atoms with E-state index in [1.165, 1.54) is 0 Å². The predicted molar refractivity (Wildman–Crippen MR) is 73.1 cm³/mol. The molecule has 0 saturated heterocycles. The molecule has 0 aromatic carbocycles. The molecule has 0 spiro atoms. The third-order valence-electron chi connectivity index (χ3n) is 1.75. The van der Waals surface area contributed by atoms with Crippen molar-refractivity contribution in [3.8, 4) is 0 Å². The quantitative estimate of drug-likeness (QED) is 0.758. The first kappa shape index (κ1) is 13.2. The van der Waals surface area contributed by atoms with Gasteiger partial charge in [0, 0.05) is 5.54 Å². The van der Waals surface area contributed by atoms with Crippen LogP contribution < -0.4 is 10.6 Å². The zero-order valence-corrected chi connectivity index (χ0v) is 11.5. The van der Waals surface area contributed by atoms with Crippen molar-refractivity contribution in [3.63, 3.8) is 0 Å². The maximum absolute atomic E-state index is 5.88. The largest absolute Gasteiger partial charge is 0.358 e. The van der Waals surface area contributed by atoms with Crippen LogP contribution in [0.25, 0.3) is 0 Å². The van der Waals surface area contributed by atoms with Crippen molar-refractivity contribution in [1.29, 1.82) is 0 Å². The van der Waals surface area contributed by atoms with Crippen LogP contribution in [0.2, 0.25) is 5.02 Å². The Morgan fingerprint density at radius 3 is 2.50 bits per heavy atom. The summed E-state index contributed by atoms with van der Waals surface area (Å²) < 4.78 is 0. The number of nitrogens with zero attached hydrogens (tertiary/aromatic N) is 1. The van der Waals surface area contributed by atoms with E-state index in [0.29, 0.717) is 16.0 Å². The standard InChI is InChI=1S/C11H16ClN3S/c1-7-8(12)5-6-9(13-7)14-10(16)15-11(2,3)4/h5-6H,1-4H3,(H2,13,14,15,16). The molecule has 0 atom stereocenters. The van der Waals surface area contributed by atoms with E-state index >= 15 is 0 Å². The van der Waals surface area contributed by atoms with Crippen LogP contribution in [0.3, 0.4) is 0 Å². The normalized spacial score (nSPS) is 11.1. The van der Waals surface area contributed by atoms with Gasteiger partial charge in [0.1, 0.15) is 5.82 Å². The van der Waals surface area contributed by atoms with Gasteiger partial charge in [-0.25, -0.2) is 4.98 Å². The van der Waals surface area contributed by atoms with Crippen LogP contribution in [0.15, 0.2) is 12.1 Å². The molecule has 0 aliphatic heterocycles. The lowest BCUT2D eigenvalue weighted by atomic mass is 10.1. The number of pyridine rings is 1. The van der Waals surface area contributed by atoms with Gasteiger partial charge in [-0.2, -0.15) is 0 Å². The van der Waals surface area contributed by atoms with Gasteiger partial charge in [-0.15, -0.1) is 0 Å². The number of hydrogen-bond donors (Lipinski definition) is 2. The zero-order valence-electron chi connectivity index (χ0n) is 9.89. The number of aryl methyl sites for hydroxylation is 1. The Labute approximate surface area is 107 Å². The number of nitrogens with one attached hydrogen (secondary N) is 2. The molecule has 0 amide bonds. The van der Waals surface area contributed by atoms with Gasteiger partial charge >= 0.3 is 0 Å². The van der Waals surface area contributed by atoms with E-state index in [2.05, 4.69) is 15.6 Å². The first-order chi connectivity index (χ1) is 7.28. The van der Waals surface area contributed by atoms with Crippen LogP contribution in [0.4, 0.5) is 5.82 Å². The first-order valence-corrected chi connectivity index (χ1v) is 5.79. The summed E-state index contributed by atoms with van der Waals surface area (Å²) in [6.45, 7) is 7.98. The fraction of sp³-hybridized carbons (Fsp3) is 0.455. The van der Waals surface area contributed by atoms with E-state index in [9.17, 15) is 0 Å². The predicted octanol–water partition coefficient (Wildman–Crippen LogP) is 3.13. The van der Waals surface area contributed by atoms with Crippen molar-refractivity contribution in [2.75, 3.05) is 5.32 Å². The highest BCUT2D eigenvalue weighted by molar-refractivity contribution is 7.80. The number of anilines is 1. The zero-order chi connectivity index (χ0) is 12.3. The van der Waals surface area contributed by atoms with Crippen molar-refractivity contribution in [1.82, 2.24) is 10.3 Å². The second-order valence-corrected chi connectivity index (χ2v) is 5.41. The Hall–Kier alpha value is -0.870. The monoisotopic (exact) mass is 257 g/mol. The van der Waals surface area contributed by atoms with Crippen LogP contribution in [-0.2, 0) is 0 Å². The molecule has 0 unspecified atom stereocenters. The minimum absolute atomic E-state index is 0.0639. The molecule has 0 saturated carbocycles. The van der Waals surface area contributed by atoms with Crippen molar-refractivity contribution in [2.24, 2.45) is 0 Å². The van der Waals surface area contributed by atoms with Crippen LogP contribution in [0, 0.1) is 6.92 Å². The van der Waals surface area contributed by atoms with E-state index in [1.807, 2.05) is 27.7 Å². The second kappa shape index (κ2) is 4.97. The molecule has 5 heteroatoms. The van der Waals surface area contributed by atoms with Gasteiger partial charge in [0.2, 0.25) is 0 Å². The lowest BCUT2D eigenvalue weighted by molar-refractivity contribution is 0.515. The average Bonchev–Trinajstić information content (AvgIpc) is 2.08. The smallest absolute Gasteiger partial charge is 0.172 e. The molecule has 1 aromatic heterocycles. The molecule has 0 fully saturated rings. The number of hydrogen-bond acceptors (Lipinski definition) is 2. The van der Waals surface area contributed by atoms with Crippen molar-refractivity contribution < 1.29 is 0 Å². The molecule has 3 nitrogen and oxygen atoms in total. The minimum Gasteiger partial charge on any atom is -0.358 e. The highest BCUT2D eigenvalue weighted by Gasteiger charge is 2.11. The number of aromatic nitrogens is 1. The lowest BCUT2D eigenvalue weighted by Gasteiger charge is -2.22. The summed E-state index contributed by atoms with van der Waals surface area (Å²) in [4.78, 5) is 4.27. The van der Waals surface area contributed by atoms with E-state index in [1.54, 1.807) is 12.1 Å².